The van der Waals surface area contributed by atoms with Gasteiger partial charge < -0.3 is 0 Å². The van der Waals surface area contributed by atoms with Crippen LogP contribution in [0.5, 0.6) is 0 Å². The van der Waals surface area contributed by atoms with Crippen molar-refractivity contribution in [1.29, 1.82) is 0 Å². The number of hydrogen-bond acceptors (Lipinski definition) is 0. The first kappa shape index (κ1) is 11.0. The first-order chi connectivity index (χ1) is 5.20. The molecule has 0 aromatic rings. The van der Waals surface area contributed by atoms with E-state index in [1.54, 1.807) is 0 Å². The van der Waals surface area contributed by atoms with Crippen LogP contribution in [0.1, 0.15) is 59.8 Å². The lowest BCUT2D eigenvalue weighted by molar-refractivity contribution is 0.308. The molecule has 0 nitrogen and oxygen atoms in total. The fourth-order valence-corrected chi connectivity index (χ4v) is 1.43. The molecular formula is C11H24. The predicted molar refractivity (Wildman–Crippen MR) is 52.8 cm³/mol. The Morgan fingerprint density at radius 3 is 1.18 bits per heavy atom. The summed E-state index contributed by atoms with van der Waals surface area (Å²) in [6.45, 7) is 8.98. The second-order valence-corrected chi connectivity index (χ2v) is 4.07. The van der Waals surface area contributed by atoms with E-state index in [-0.39, 0.29) is 0 Å². The van der Waals surface area contributed by atoms with Crippen LogP contribution in [0.25, 0.3) is 0 Å². The quantitative estimate of drug-likeness (QED) is 0.492. The van der Waals surface area contributed by atoms with Gasteiger partial charge >= 0.3 is 0 Å². The summed E-state index contributed by atoms with van der Waals surface area (Å²) < 4.78 is 0. The molecule has 0 radical (unpaired) electrons. The molecule has 0 aromatic carbocycles. The third kappa shape index (κ3) is 6.40. The largest absolute Gasteiger partial charge is 0.0656 e. The van der Waals surface area contributed by atoms with Crippen LogP contribution in [0.15, 0.2) is 0 Å². The Bertz CT molecular complexity index is 58.1. The Labute approximate surface area is 72.4 Å². The van der Waals surface area contributed by atoms with E-state index < -0.39 is 0 Å². The summed E-state index contributed by atoms with van der Waals surface area (Å²) in [5, 5.41) is 0. The van der Waals surface area contributed by atoms with Gasteiger partial charge in [0.15, 0.2) is 0 Å². The molecule has 0 N–H and O–H groups in total. The normalized spacial score (nSPS) is 30.5. The molecular weight excluding hydrogens is 132 g/mol. The highest BCUT2D eigenvalue weighted by molar-refractivity contribution is 4.65. The van der Waals surface area contributed by atoms with E-state index in [9.17, 15) is 0 Å². The number of rotatable bonds is 0. The summed E-state index contributed by atoms with van der Waals surface area (Å²) in [5.74, 6) is 2.04. The van der Waals surface area contributed by atoms with E-state index in [4.69, 9.17) is 0 Å². The lowest BCUT2D eigenvalue weighted by Crippen LogP contribution is -2.08. The average molecular weight is 156 g/mol. The second kappa shape index (κ2) is 6.69. The van der Waals surface area contributed by atoms with Crippen LogP contribution < -0.4 is 0 Å². The molecule has 0 amide bonds. The molecule has 0 aliphatic heterocycles. The Kier molecular flexibility index (Phi) is 6.69. The smallest absolute Gasteiger partial charge is 0.0443 e. The van der Waals surface area contributed by atoms with E-state index in [2.05, 4.69) is 27.7 Å². The lowest BCUT2D eigenvalue weighted by atomic mass is 9.84. The molecule has 0 unspecified atom stereocenters. The molecule has 1 saturated carbocycles. The van der Waals surface area contributed by atoms with Crippen molar-refractivity contribution >= 4 is 0 Å². The van der Waals surface area contributed by atoms with E-state index in [1.165, 1.54) is 32.1 Å². The molecule has 1 rings (SSSR count). The Morgan fingerprint density at radius 2 is 1.00 bits per heavy atom. The van der Waals surface area contributed by atoms with Gasteiger partial charge in [0.1, 0.15) is 0 Å². The summed E-state index contributed by atoms with van der Waals surface area (Å²) in [5.41, 5.74) is 0. The van der Waals surface area contributed by atoms with Gasteiger partial charge in [-0.15, -0.1) is 0 Å². The monoisotopic (exact) mass is 156 g/mol. The van der Waals surface area contributed by atoms with Crippen molar-refractivity contribution in [2.75, 3.05) is 0 Å². The van der Waals surface area contributed by atoms with E-state index in [1.807, 2.05) is 0 Å². The maximum absolute atomic E-state index is 2.37. The topological polar surface area (TPSA) is 0 Å². The molecule has 68 valence electrons. The highest BCUT2D eigenvalue weighted by Crippen LogP contribution is 2.27. The van der Waals surface area contributed by atoms with Crippen molar-refractivity contribution in [3.8, 4) is 0 Å². The summed E-state index contributed by atoms with van der Waals surface area (Å²) in [7, 11) is 0. The Hall–Kier alpha value is 0. The maximum Gasteiger partial charge on any atom is -0.0443 e. The minimum atomic E-state index is 1.02. The average Bonchev–Trinajstić information content (AvgIpc) is 1.97. The molecule has 0 heterocycles. The van der Waals surface area contributed by atoms with Crippen molar-refractivity contribution in [2.24, 2.45) is 11.8 Å². The summed E-state index contributed by atoms with van der Waals surface area (Å²) in [6.07, 6.45) is 7.14. The first-order valence-corrected chi connectivity index (χ1v) is 5.20. The van der Waals surface area contributed by atoms with Crippen LogP contribution in [0, 0.1) is 11.8 Å². The molecule has 0 aromatic heterocycles. The van der Waals surface area contributed by atoms with Crippen molar-refractivity contribution in [3.05, 3.63) is 0 Å². The summed E-state index contributed by atoms with van der Waals surface area (Å²) in [4.78, 5) is 0. The van der Waals surface area contributed by atoms with Crippen LogP contribution in [-0.2, 0) is 0 Å². The molecule has 11 heavy (non-hydrogen) atoms. The second-order valence-electron chi connectivity index (χ2n) is 4.07. The molecule has 0 atom stereocenters. The Morgan fingerprint density at radius 1 is 0.818 bits per heavy atom. The predicted octanol–water partition coefficient (Wildman–Crippen LogP) is 4.25. The lowest BCUT2D eigenvalue weighted by Gasteiger charge is -2.22. The standard InChI is InChI=1S/C8H16.C3H8/c1-7-3-5-8(2)6-4-7;1-3-2/h7-8H,3-6H2,1-2H3;3H2,1-2H3. The fourth-order valence-electron chi connectivity index (χ4n) is 1.43. The fraction of sp³-hybridized carbons (Fsp3) is 1.00. The number of hydrogen-bond donors (Lipinski definition) is 0. The molecule has 1 aliphatic carbocycles. The van der Waals surface area contributed by atoms with Crippen LogP contribution in [0.4, 0.5) is 0 Å². The van der Waals surface area contributed by atoms with Gasteiger partial charge in [-0.2, -0.15) is 0 Å². The van der Waals surface area contributed by atoms with Crippen molar-refractivity contribution in [1.82, 2.24) is 0 Å². The van der Waals surface area contributed by atoms with Gasteiger partial charge in [0.05, 0.1) is 0 Å². The molecule has 0 spiro atoms. The maximum atomic E-state index is 2.37. The van der Waals surface area contributed by atoms with Gasteiger partial charge in [0.25, 0.3) is 0 Å². The van der Waals surface area contributed by atoms with Gasteiger partial charge in [-0.05, 0) is 11.8 Å². The minimum Gasteiger partial charge on any atom is -0.0656 e. The molecule has 1 fully saturated rings. The zero-order valence-corrected chi connectivity index (χ0v) is 8.69. The Balaban J connectivity index is 0.000000292. The SMILES string of the molecule is CC1CCC(C)CC1.CCC. The first-order valence-electron chi connectivity index (χ1n) is 5.20. The summed E-state index contributed by atoms with van der Waals surface area (Å²) >= 11 is 0. The van der Waals surface area contributed by atoms with Crippen molar-refractivity contribution in [3.63, 3.8) is 0 Å². The van der Waals surface area contributed by atoms with Gasteiger partial charge in [0.2, 0.25) is 0 Å². The zero-order chi connectivity index (χ0) is 8.69. The zero-order valence-electron chi connectivity index (χ0n) is 8.69. The van der Waals surface area contributed by atoms with Crippen LogP contribution >= 0.6 is 0 Å². The van der Waals surface area contributed by atoms with Gasteiger partial charge in [-0.3, -0.25) is 0 Å². The van der Waals surface area contributed by atoms with Crippen molar-refractivity contribution in [2.45, 2.75) is 59.8 Å². The molecule has 0 bridgehead atoms. The van der Waals surface area contributed by atoms with Crippen LogP contribution in [0.3, 0.4) is 0 Å². The third-order valence-corrected chi connectivity index (χ3v) is 2.30. The van der Waals surface area contributed by atoms with E-state index in [0.717, 1.165) is 11.8 Å². The minimum absolute atomic E-state index is 1.02. The van der Waals surface area contributed by atoms with E-state index >= 15 is 0 Å². The molecule has 0 heteroatoms. The highest BCUT2D eigenvalue weighted by Gasteiger charge is 2.13. The van der Waals surface area contributed by atoms with Crippen LogP contribution in [-0.4, -0.2) is 0 Å². The van der Waals surface area contributed by atoms with E-state index in [0.29, 0.717) is 0 Å². The van der Waals surface area contributed by atoms with Gasteiger partial charge in [-0.1, -0.05) is 59.8 Å². The third-order valence-electron chi connectivity index (χ3n) is 2.30. The van der Waals surface area contributed by atoms with Crippen LogP contribution in [0.2, 0.25) is 0 Å². The molecule has 0 saturated heterocycles. The van der Waals surface area contributed by atoms with Gasteiger partial charge in [0, 0.05) is 0 Å². The summed E-state index contributed by atoms with van der Waals surface area (Å²) in [6, 6.07) is 0. The highest BCUT2D eigenvalue weighted by atomic mass is 14.2. The van der Waals surface area contributed by atoms with Crippen molar-refractivity contribution < 1.29 is 0 Å². The van der Waals surface area contributed by atoms with Gasteiger partial charge in [-0.25, -0.2) is 0 Å². The molecule has 1 aliphatic rings.